The third-order valence-electron chi connectivity index (χ3n) is 1.25. The predicted molar refractivity (Wildman–Crippen MR) is 38.3 cm³/mol. The van der Waals surface area contributed by atoms with Crippen LogP contribution in [0.2, 0.25) is 0 Å². The molecule has 10 heavy (non-hydrogen) atoms. The maximum atomic E-state index is 10.9. The van der Waals surface area contributed by atoms with Crippen LogP contribution in [0.15, 0.2) is 11.6 Å². The van der Waals surface area contributed by atoms with Gasteiger partial charge in [-0.15, -0.1) is 0 Å². The minimum atomic E-state index is -0.252. The number of carbonyl (C=O) groups is 2. The first-order valence-electron chi connectivity index (χ1n) is 2.98. The zero-order chi connectivity index (χ0) is 8.15. The first-order chi connectivity index (χ1) is 4.63. The van der Waals surface area contributed by atoms with Crippen LogP contribution in [0.5, 0.6) is 0 Å². The number of hydrogen-bond acceptors (Lipinski definition) is 2. The molecule has 0 bridgehead atoms. The van der Waals surface area contributed by atoms with Gasteiger partial charge in [-0.25, -0.2) is 0 Å². The number of imide groups is 1. The zero-order valence-corrected chi connectivity index (χ0v) is 6.42. The molecular weight excluding hydrogens is 130 g/mol. The van der Waals surface area contributed by atoms with Gasteiger partial charge in [0.2, 0.25) is 6.41 Å². The van der Waals surface area contributed by atoms with Gasteiger partial charge in [0.1, 0.15) is 0 Å². The molecule has 0 saturated heterocycles. The van der Waals surface area contributed by atoms with E-state index >= 15 is 0 Å². The Hall–Kier alpha value is -1.12. The maximum absolute atomic E-state index is 10.9. The van der Waals surface area contributed by atoms with Crippen LogP contribution in [-0.4, -0.2) is 24.3 Å². The number of carbonyl (C=O) groups excluding carboxylic acids is 2. The Balaban J connectivity index is 4.22. The highest BCUT2D eigenvalue weighted by Crippen LogP contribution is 1.95. The Bertz CT molecular complexity index is 172. The van der Waals surface area contributed by atoms with Crippen LogP contribution >= 0.6 is 0 Å². The lowest BCUT2D eigenvalue weighted by Gasteiger charge is -2.07. The molecule has 0 aliphatic heterocycles. The average molecular weight is 141 g/mol. The van der Waals surface area contributed by atoms with Gasteiger partial charge in [0.15, 0.2) is 0 Å². The standard InChI is InChI=1S/C7H11NO2/c1-4-6(2)7(10)8(3)5-9/h4-5H,1-3H3/b6-4-. The molecule has 0 spiro atoms. The molecule has 0 aromatic carbocycles. The Morgan fingerprint density at radius 2 is 2.00 bits per heavy atom. The van der Waals surface area contributed by atoms with E-state index in [1.807, 2.05) is 0 Å². The summed E-state index contributed by atoms with van der Waals surface area (Å²) in [7, 11) is 1.43. The molecule has 0 rings (SSSR count). The molecule has 0 radical (unpaired) electrons. The van der Waals surface area contributed by atoms with Crippen molar-refractivity contribution in [3.05, 3.63) is 11.6 Å². The molecule has 0 heterocycles. The molecule has 2 amide bonds. The van der Waals surface area contributed by atoms with Gasteiger partial charge in [0.25, 0.3) is 5.91 Å². The fourth-order valence-corrected chi connectivity index (χ4v) is 0.450. The van der Waals surface area contributed by atoms with E-state index in [-0.39, 0.29) is 5.91 Å². The summed E-state index contributed by atoms with van der Waals surface area (Å²) in [5.41, 5.74) is 0.578. The second kappa shape index (κ2) is 3.82. The van der Waals surface area contributed by atoms with Crippen molar-refractivity contribution < 1.29 is 9.59 Å². The molecule has 0 aromatic rings. The number of hydrogen-bond donors (Lipinski definition) is 0. The summed E-state index contributed by atoms with van der Waals surface area (Å²) in [6, 6.07) is 0. The molecule has 0 unspecified atom stereocenters. The monoisotopic (exact) mass is 141 g/mol. The van der Waals surface area contributed by atoms with Gasteiger partial charge in [-0.3, -0.25) is 14.5 Å². The van der Waals surface area contributed by atoms with Gasteiger partial charge in [0, 0.05) is 12.6 Å². The minimum Gasteiger partial charge on any atom is -0.285 e. The Kier molecular flexibility index (Phi) is 3.39. The van der Waals surface area contributed by atoms with E-state index in [4.69, 9.17) is 0 Å². The SMILES string of the molecule is C/C=C(/C)C(=O)N(C)C=O. The van der Waals surface area contributed by atoms with Crippen molar-refractivity contribution in [3.8, 4) is 0 Å². The Morgan fingerprint density at radius 3 is 2.30 bits per heavy atom. The molecule has 0 aromatic heterocycles. The molecule has 0 N–H and O–H groups in total. The second-order valence-corrected chi connectivity index (χ2v) is 1.99. The zero-order valence-electron chi connectivity index (χ0n) is 6.42. The van der Waals surface area contributed by atoms with E-state index in [1.54, 1.807) is 19.9 Å². The molecule has 0 aliphatic rings. The lowest BCUT2D eigenvalue weighted by molar-refractivity contribution is -0.133. The van der Waals surface area contributed by atoms with E-state index in [2.05, 4.69) is 0 Å². The smallest absolute Gasteiger partial charge is 0.255 e. The van der Waals surface area contributed by atoms with Gasteiger partial charge in [-0.05, 0) is 13.8 Å². The lowest BCUT2D eigenvalue weighted by atomic mass is 10.3. The van der Waals surface area contributed by atoms with Crippen LogP contribution < -0.4 is 0 Å². The van der Waals surface area contributed by atoms with Crippen molar-refractivity contribution in [2.24, 2.45) is 0 Å². The highest BCUT2D eigenvalue weighted by atomic mass is 16.2. The summed E-state index contributed by atoms with van der Waals surface area (Å²) in [6.07, 6.45) is 2.16. The number of likely N-dealkylation sites (N-methyl/N-ethyl adjacent to an activating group) is 1. The van der Waals surface area contributed by atoms with Crippen LogP contribution in [0.1, 0.15) is 13.8 Å². The molecule has 3 heteroatoms. The normalized spacial score (nSPS) is 10.9. The van der Waals surface area contributed by atoms with E-state index in [0.29, 0.717) is 12.0 Å². The van der Waals surface area contributed by atoms with Gasteiger partial charge in [0.05, 0.1) is 0 Å². The van der Waals surface area contributed by atoms with Gasteiger partial charge in [-0.2, -0.15) is 0 Å². The molecule has 0 saturated carbocycles. The third-order valence-corrected chi connectivity index (χ3v) is 1.25. The summed E-state index contributed by atoms with van der Waals surface area (Å²) in [5, 5.41) is 0. The Labute approximate surface area is 60.3 Å². The van der Waals surface area contributed by atoms with Gasteiger partial charge in [-0.1, -0.05) is 6.08 Å². The van der Waals surface area contributed by atoms with Crippen LogP contribution in [-0.2, 0) is 9.59 Å². The molecular formula is C7H11NO2. The van der Waals surface area contributed by atoms with E-state index in [1.165, 1.54) is 7.05 Å². The third kappa shape index (κ3) is 2.01. The molecule has 0 fully saturated rings. The second-order valence-electron chi connectivity index (χ2n) is 1.99. The van der Waals surface area contributed by atoms with Gasteiger partial charge >= 0.3 is 0 Å². The van der Waals surface area contributed by atoms with E-state index < -0.39 is 0 Å². The Morgan fingerprint density at radius 1 is 1.50 bits per heavy atom. The number of amides is 2. The van der Waals surface area contributed by atoms with E-state index in [0.717, 1.165) is 4.90 Å². The molecule has 0 aliphatic carbocycles. The maximum Gasteiger partial charge on any atom is 0.255 e. The molecule has 0 atom stereocenters. The summed E-state index contributed by atoms with van der Waals surface area (Å²) < 4.78 is 0. The first kappa shape index (κ1) is 8.88. The van der Waals surface area contributed by atoms with E-state index in [9.17, 15) is 9.59 Å². The van der Waals surface area contributed by atoms with Crippen molar-refractivity contribution in [3.63, 3.8) is 0 Å². The number of nitrogens with zero attached hydrogens (tertiary/aromatic N) is 1. The fourth-order valence-electron chi connectivity index (χ4n) is 0.450. The quantitative estimate of drug-likeness (QED) is 0.416. The van der Waals surface area contributed by atoms with Crippen molar-refractivity contribution in [2.75, 3.05) is 7.05 Å². The average Bonchev–Trinajstić information content (AvgIpc) is 2.00. The van der Waals surface area contributed by atoms with Crippen molar-refractivity contribution in [1.29, 1.82) is 0 Å². The van der Waals surface area contributed by atoms with Crippen LogP contribution in [0.3, 0.4) is 0 Å². The summed E-state index contributed by atoms with van der Waals surface area (Å²) in [5.74, 6) is -0.252. The first-order valence-corrected chi connectivity index (χ1v) is 2.98. The van der Waals surface area contributed by atoms with Crippen molar-refractivity contribution in [1.82, 2.24) is 4.90 Å². The van der Waals surface area contributed by atoms with Crippen LogP contribution in [0.4, 0.5) is 0 Å². The predicted octanol–water partition coefficient (Wildman–Crippen LogP) is 0.567. The minimum absolute atomic E-state index is 0.252. The number of rotatable bonds is 2. The summed E-state index contributed by atoms with van der Waals surface area (Å²) in [4.78, 5) is 22.0. The van der Waals surface area contributed by atoms with Crippen LogP contribution in [0.25, 0.3) is 0 Å². The van der Waals surface area contributed by atoms with Crippen molar-refractivity contribution in [2.45, 2.75) is 13.8 Å². The highest BCUT2D eigenvalue weighted by Gasteiger charge is 2.06. The largest absolute Gasteiger partial charge is 0.285 e. The number of allylic oxidation sites excluding steroid dienone is 1. The summed E-state index contributed by atoms with van der Waals surface area (Å²) in [6.45, 7) is 3.42. The van der Waals surface area contributed by atoms with Gasteiger partial charge < -0.3 is 0 Å². The highest BCUT2D eigenvalue weighted by molar-refractivity contribution is 5.98. The molecule has 56 valence electrons. The van der Waals surface area contributed by atoms with Crippen LogP contribution in [0, 0.1) is 0 Å². The molecule has 3 nitrogen and oxygen atoms in total. The van der Waals surface area contributed by atoms with Crippen molar-refractivity contribution >= 4 is 12.3 Å². The lowest BCUT2D eigenvalue weighted by Crippen LogP contribution is -2.25. The fraction of sp³-hybridized carbons (Fsp3) is 0.429. The summed E-state index contributed by atoms with van der Waals surface area (Å²) >= 11 is 0. The topological polar surface area (TPSA) is 37.4 Å².